The molecule has 1 aromatic heterocycles. The number of carboxylic acid groups (broad SMARTS) is 1. The Kier molecular flexibility index (Phi) is 9.83. The smallest absolute Gasteiger partial charge is 0.303 e. The second-order valence-electron chi connectivity index (χ2n) is 10.0. The molecular weight excluding hydrogens is 484 g/mol. The SMILES string of the molecule is COc1ccc2nccc([C@H](O)CC[C@@H]3CCN(CCSc4ccccc4C)C[C@H]3CCC(=O)O)c2c1. The molecule has 0 aliphatic carbocycles. The molecule has 3 aromatic rings. The molecule has 2 aromatic carbocycles. The van der Waals surface area contributed by atoms with Gasteiger partial charge in [-0.1, -0.05) is 18.2 Å². The summed E-state index contributed by atoms with van der Waals surface area (Å²) in [6, 6.07) is 16.1. The van der Waals surface area contributed by atoms with Crippen molar-refractivity contribution in [3.8, 4) is 5.75 Å². The van der Waals surface area contributed by atoms with Crippen LogP contribution >= 0.6 is 11.8 Å². The molecule has 0 amide bonds. The molecule has 0 radical (unpaired) electrons. The molecule has 0 bridgehead atoms. The Morgan fingerprint density at radius 1 is 1.19 bits per heavy atom. The maximum absolute atomic E-state index is 11.3. The maximum Gasteiger partial charge on any atom is 0.303 e. The number of aryl methyl sites for hydroxylation is 1. The number of piperidine rings is 1. The first kappa shape index (κ1) is 27.4. The van der Waals surface area contributed by atoms with E-state index in [-0.39, 0.29) is 6.42 Å². The largest absolute Gasteiger partial charge is 0.497 e. The lowest BCUT2D eigenvalue weighted by Gasteiger charge is -2.39. The summed E-state index contributed by atoms with van der Waals surface area (Å²) >= 11 is 1.89. The number of aliphatic carboxylic acids is 1. The van der Waals surface area contributed by atoms with Crippen molar-refractivity contribution >= 4 is 28.6 Å². The van der Waals surface area contributed by atoms with Crippen LogP contribution in [0, 0.1) is 18.8 Å². The van der Waals surface area contributed by atoms with Crippen LogP contribution in [0.15, 0.2) is 59.6 Å². The fourth-order valence-corrected chi connectivity index (χ4v) is 6.51. The molecule has 6 nitrogen and oxygen atoms in total. The first-order valence-electron chi connectivity index (χ1n) is 13.2. The lowest BCUT2D eigenvalue weighted by molar-refractivity contribution is -0.137. The molecule has 2 heterocycles. The van der Waals surface area contributed by atoms with Crippen LogP contribution in [-0.2, 0) is 4.79 Å². The molecule has 0 saturated carbocycles. The van der Waals surface area contributed by atoms with E-state index in [2.05, 4.69) is 41.1 Å². The third-order valence-electron chi connectivity index (χ3n) is 7.62. The van der Waals surface area contributed by atoms with Gasteiger partial charge in [0.15, 0.2) is 0 Å². The van der Waals surface area contributed by atoms with E-state index in [1.165, 1.54) is 10.5 Å². The van der Waals surface area contributed by atoms with E-state index in [1.54, 1.807) is 13.3 Å². The van der Waals surface area contributed by atoms with Gasteiger partial charge in [-0.25, -0.2) is 0 Å². The highest BCUT2D eigenvalue weighted by Crippen LogP contribution is 2.35. The lowest BCUT2D eigenvalue weighted by Crippen LogP contribution is -2.41. The van der Waals surface area contributed by atoms with Crippen LogP contribution in [0.4, 0.5) is 0 Å². The van der Waals surface area contributed by atoms with Crippen LogP contribution in [0.1, 0.15) is 49.3 Å². The van der Waals surface area contributed by atoms with Gasteiger partial charge >= 0.3 is 5.97 Å². The molecule has 2 N–H and O–H groups in total. The fraction of sp³-hybridized carbons (Fsp3) is 0.467. The van der Waals surface area contributed by atoms with Crippen molar-refractivity contribution in [3.05, 3.63) is 65.9 Å². The number of likely N-dealkylation sites (tertiary alicyclic amines) is 1. The Hall–Kier alpha value is -2.61. The fourth-order valence-electron chi connectivity index (χ4n) is 5.47. The predicted octanol–water partition coefficient (Wildman–Crippen LogP) is 5.96. The van der Waals surface area contributed by atoms with Gasteiger partial charge in [0.2, 0.25) is 0 Å². The number of methoxy groups -OCH3 is 1. The minimum absolute atomic E-state index is 0.199. The van der Waals surface area contributed by atoms with E-state index in [9.17, 15) is 15.0 Å². The summed E-state index contributed by atoms with van der Waals surface area (Å²) in [6.07, 6.45) is 4.60. The number of pyridine rings is 1. The summed E-state index contributed by atoms with van der Waals surface area (Å²) in [7, 11) is 1.64. The average Bonchev–Trinajstić information content (AvgIpc) is 2.91. The molecule has 198 valence electrons. The van der Waals surface area contributed by atoms with Gasteiger partial charge in [-0.15, -0.1) is 11.8 Å². The van der Waals surface area contributed by atoms with Crippen LogP contribution in [-0.4, -0.2) is 58.6 Å². The summed E-state index contributed by atoms with van der Waals surface area (Å²) in [5, 5.41) is 21.4. The number of fused-ring (bicyclic) bond motifs is 1. The van der Waals surface area contributed by atoms with Crippen molar-refractivity contribution in [2.45, 2.75) is 50.0 Å². The second kappa shape index (κ2) is 13.3. The molecule has 3 atom stereocenters. The first-order chi connectivity index (χ1) is 17.9. The highest BCUT2D eigenvalue weighted by Gasteiger charge is 2.30. The molecule has 1 aliphatic rings. The van der Waals surface area contributed by atoms with Crippen molar-refractivity contribution < 1.29 is 19.7 Å². The van der Waals surface area contributed by atoms with Crippen molar-refractivity contribution in [2.75, 3.05) is 32.5 Å². The molecule has 4 rings (SSSR count). The third kappa shape index (κ3) is 7.46. The van der Waals surface area contributed by atoms with E-state index in [1.807, 2.05) is 36.0 Å². The van der Waals surface area contributed by atoms with Gasteiger partial charge in [0.25, 0.3) is 0 Å². The Balaban J connectivity index is 1.35. The van der Waals surface area contributed by atoms with Crippen molar-refractivity contribution in [1.29, 1.82) is 0 Å². The molecular formula is C30H38N2O4S. The van der Waals surface area contributed by atoms with E-state index in [0.717, 1.165) is 60.4 Å². The van der Waals surface area contributed by atoms with Crippen LogP contribution in [0.25, 0.3) is 10.9 Å². The summed E-state index contributed by atoms with van der Waals surface area (Å²) < 4.78 is 5.38. The molecule has 1 fully saturated rings. The second-order valence-corrected chi connectivity index (χ2v) is 11.2. The number of rotatable bonds is 12. The standard InChI is InChI=1S/C30H38N2O4S/c1-21-5-3-4-6-29(21)37-18-17-32-16-14-22(23(20-32)8-12-30(34)35)7-11-28(33)25-13-15-31-27-10-9-24(36-2)19-26(25)27/h3-6,9-10,13,15,19,22-23,28,33H,7-8,11-12,14,16-18,20H2,1-2H3,(H,34,35)/t22-,23-,28-/m1/s1. The maximum atomic E-state index is 11.3. The number of thioether (sulfide) groups is 1. The van der Waals surface area contributed by atoms with E-state index >= 15 is 0 Å². The number of hydrogen-bond donors (Lipinski definition) is 2. The van der Waals surface area contributed by atoms with Gasteiger partial charge in [0.1, 0.15) is 5.75 Å². The number of ether oxygens (including phenoxy) is 1. The van der Waals surface area contributed by atoms with E-state index in [4.69, 9.17) is 4.74 Å². The van der Waals surface area contributed by atoms with Gasteiger partial charge in [-0.3, -0.25) is 9.78 Å². The van der Waals surface area contributed by atoms with Gasteiger partial charge in [0.05, 0.1) is 18.7 Å². The number of carbonyl (C=O) groups is 1. The van der Waals surface area contributed by atoms with Gasteiger partial charge in [0, 0.05) is 41.7 Å². The number of aromatic nitrogens is 1. The Morgan fingerprint density at radius 3 is 2.81 bits per heavy atom. The third-order valence-corrected chi connectivity index (χ3v) is 8.77. The van der Waals surface area contributed by atoms with Gasteiger partial charge in [-0.2, -0.15) is 0 Å². The Labute approximate surface area is 224 Å². The zero-order valence-corrected chi connectivity index (χ0v) is 22.6. The molecule has 37 heavy (non-hydrogen) atoms. The molecule has 0 spiro atoms. The van der Waals surface area contributed by atoms with Gasteiger partial charge < -0.3 is 19.8 Å². The normalized spacial score (nSPS) is 19.1. The summed E-state index contributed by atoms with van der Waals surface area (Å²) in [5.41, 5.74) is 3.02. The zero-order valence-electron chi connectivity index (χ0n) is 21.8. The molecule has 7 heteroatoms. The molecule has 1 saturated heterocycles. The predicted molar refractivity (Wildman–Crippen MR) is 149 cm³/mol. The van der Waals surface area contributed by atoms with Crippen molar-refractivity contribution in [1.82, 2.24) is 9.88 Å². The van der Waals surface area contributed by atoms with Crippen LogP contribution in [0.2, 0.25) is 0 Å². The Bertz CT molecular complexity index is 1190. The van der Waals surface area contributed by atoms with Crippen LogP contribution in [0.5, 0.6) is 5.75 Å². The minimum Gasteiger partial charge on any atom is -0.497 e. The number of hydrogen-bond acceptors (Lipinski definition) is 6. The number of aliphatic hydroxyl groups is 1. The zero-order chi connectivity index (χ0) is 26.2. The van der Waals surface area contributed by atoms with Crippen LogP contribution in [0.3, 0.4) is 0 Å². The topological polar surface area (TPSA) is 82.9 Å². The quantitative estimate of drug-likeness (QED) is 0.284. The first-order valence-corrected chi connectivity index (χ1v) is 14.2. The van der Waals surface area contributed by atoms with E-state index < -0.39 is 12.1 Å². The number of aliphatic hydroxyl groups excluding tert-OH is 1. The lowest BCUT2D eigenvalue weighted by atomic mass is 9.79. The van der Waals surface area contributed by atoms with Crippen LogP contribution < -0.4 is 4.74 Å². The highest BCUT2D eigenvalue weighted by molar-refractivity contribution is 7.99. The Morgan fingerprint density at radius 2 is 2.03 bits per heavy atom. The summed E-state index contributed by atoms with van der Waals surface area (Å²) in [4.78, 5) is 19.6. The monoisotopic (exact) mass is 522 g/mol. The van der Waals surface area contributed by atoms with Gasteiger partial charge in [-0.05, 0) is 92.4 Å². The average molecular weight is 523 g/mol. The van der Waals surface area contributed by atoms with Crippen molar-refractivity contribution in [2.24, 2.45) is 11.8 Å². The summed E-state index contributed by atoms with van der Waals surface area (Å²) in [6.45, 7) is 5.10. The van der Waals surface area contributed by atoms with E-state index in [0.29, 0.717) is 24.7 Å². The number of benzene rings is 2. The highest BCUT2D eigenvalue weighted by atomic mass is 32.2. The van der Waals surface area contributed by atoms with Crippen molar-refractivity contribution in [3.63, 3.8) is 0 Å². The molecule has 0 unspecified atom stereocenters. The minimum atomic E-state index is -0.733. The molecule has 1 aliphatic heterocycles. The number of nitrogens with zero attached hydrogens (tertiary/aromatic N) is 2. The summed E-state index contributed by atoms with van der Waals surface area (Å²) in [5.74, 6) is 1.78. The number of carboxylic acids is 1.